The second-order valence-electron chi connectivity index (χ2n) is 1.57. The predicted molar refractivity (Wildman–Crippen MR) is 40.7 cm³/mol. The smallest absolute Gasteiger partial charge is 0.303 e. The minimum Gasteiger partial charge on any atom is -0.455 e. The van der Waals surface area contributed by atoms with E-state index in [9.17, 15) is 4.79 Å². The van der Waals surface area contributed by atoms with Gasteiger partial charge in [0.05, 0.1) is 5.94 Å². The van der Waals surface area contributed by atoms with Gasteiger partial charge in [0.25, 0.3) is 0 Å². The van der Waals surface area contributed by atoms with Gasteiger partial charge in [-0.1, -0.05) is 11.8 Å². The van der Waals surface area contributed by atoms with E-state index in [0.29, 0.717) is 18.5 Å². The number of hydrogen-bond donors (Lipinski definition) is 0. The first kappa shape index (κ1) is 9.78. The van der Waals surface area contributed by atoms with E-state index in [0.717, 1.165) is 0 Å². The molecule has 60 valence electrons. The fourth-order valence-corrected chi connectivity index (χ4v) is 0.903. The summed E-state index contributed by atoms with van der Waals surface area (Å²) in [6.07, 6.45) is 0. The molecule has 3 nitrogen and oxygen atoms in total. The molecule has 0 N–H and O–H groups in total. The van der Waals surface area contributed by atoms with Crippen LogP contribution in [0.2, 0.25) is 0 Å². The first-order valence-electron chi connectivity index (χ1n) is 3.06. The van der Waals surface area contributed by atoms with Gasteiger partial charge in [-0.3, -0.25) is 4.79 Å². The highest BCUT2D eigenvalue weighted by atomic mass is 32.2. The Labute approximate surface area is 65.1 Å². The second-order valence-corrected chi connectivity index (χ2v) is 2.45. The molecule has 0 saturated heterocycles. The molecule has 0 aromatic carbocycles. The van der Waals surface area contributed by atoms with Crippen LogP contribution in [-0.2, 0) is 14.3 Å². The van der Waals surface area contributed by atoms with Crippen LogP contribution in [0.3, 0.4) is 0 Å². The Morgan fingerprint density at radius 3 is 2.70 bits per heavy atom. The third-order valence-electron chi connectivity index (χ3n) is 0.716. The zero-order valence-electron chi connectivity index (χ0n) is 6.25. The number of rotatable bonds is 5. The van der Waals surface area contributed by atoms with Gasteiger partial charge in [-0.15, -0.1) is 0 Å². The lowest BCUT2D eigenvalue weighted by atomic mass is 10.8. The van der Waals surface area contributed by atoms with Crippen LogP contribution in [0.5, 0.6) is 0 Å². The third-order valence-corrected chi connectivity index (χ3v) is 1.33. The van der Waals surface area contributed by atoms with E-state index >= 15 is 0 Å². The van der Waals surface area contributed by atoms with Crippen LogP contribution in [0.4, 0.5) is 0 Å². The quantitative estimate of drug-likeness (QED) is 0.348. The second kappa shape index (κ2) is 6.89. The predicted octanol–water partition coefficient (Wildman–Crippen LogP) is 1.23. The molecule has 0 spiro atoms. The van der Waals surface area contributed by atoms with E-state index in [1.165, 1.54) is 18.7 Å². The van der Waals surface area contributed by atoms with Crippen LogP contribution in [0.25, 0.3) is 0 Å². The van der Waals surface area contributed by atoms with Crippen molar-refractivity contribution in [1.29, 1.82) is 0 Å². The molecule has 0 rings (SSSR count). The molecule has 0 aliphatic rings. The van der Waals surface area contributed by atoms with Crippen molar-refractivity contribution in [3.63, 3.8) is 0 Å². The van der Waals surface area contributed by atoms with Gasteiger partial charge in [0.15, 0.2) is 0 Å². The van der Waals surface area contributed by atoms with E-state index in [1.54, 1.807) is 0 Å². The standard InChI is InChI=1S/C6H12O3S/c1-3-8-4-10-5-9-6(2)7/h3-5H2,1-2H3. The first-order valence-corrected chi connectivity index (χ1v) is 4.21. The number of hydrogen-bond acceptors (Lipinski definition) is 4. The normalized spacial score (nSPS) is 9.40. The molecule has 0 aliphatic heterocycles. The molecule has 0 unspecified atom stereocenters. The van der Waals surface area contributed by atoms with Crippen molar-refractivity contribution in [3.05, 3.63) is 0 Å². The SMILES string of the molecule is CCOCSCOC(C)=O. The van der Waals surface area contributed by atoms with Crippen molar-refractivity contribution in [2.24, 2.45) is 0 Å². The van der Waals surface area contributed by atoms with Crippen molar-refractivity contribution in [3.8, 4) is 0 Å². The van der Waals surface area contributed by atoms with Gasteiger partial charge >= 0.3 is 5.97 Å². The van der Waals surface area contributed by atoms with Crippen molar-refractivity contribution in [2.75, 3.05) is 18.5 Å². The van der Waals surface area contributed by atoms with Gasteiger partial charge in [-0.05, 0) is 6.92 Å². The molecular formula is C6H12O3S. The van der Waals surface area contributed by atoms with E-state index in [1.807, 2.05) is 6.92 Å². The molecule has 0 bridgehead atoms. The Kier molecular flexibility index (Phi) is 6.74. The molecular weight excluding hydrogens is 152 g/mol. The van der Waals surface area contributed by atoms with Gasteiger partial charge in [-0.2, -0.15) is 0 Å². The van der Waals surface area contributed by atoms with Gasteiger partial charge < -0.3 is 9.47 Å². The summed E-state index contributed by atoms with van der Waals surface area (Å²) in [6, 6.07) is 0. The summed E-state index contributed by atoms with van der Waals surface area (Å²) in [6.45, 7) is 4.01. The summed E-state index contributed by atoms with van der Waals surface area (Å²) < 4.78 is 9.62. The molecule has 0 atom stereocenters. The Morgan fingerprint density at radius 2 is 2.20 bits per heavy atom. The van der Waals surface area contributed by atoms with Crippen LogP contribution >= 0.6 is 11.8 Å². The van der Waals surface area contributed by atoms with Crippen molar-refractivity contribution < 1.29 is 14.3 Å². The monoisotopic (exact) mass is 164 g/mol. The minimum atomic E-state index is -0.246. The summed E-state index contributed by atoms with van der Waals surface area (Å²) in [5, 5.41) is 0. The Hall–Kier alpha value is -0.220. The largest absolute Gasteiger partial charge is 0.455 e. The lowest BCUT2D eigenvalue weighted by Gasteiger charge is -2.00. The van der Waals surface area contributed by atoms with Crippen molar-refractivity contribution >= 4 is 17.7 Å². The average molecular weight is 164 g/mol. The molecule has 0 aromatic heterocycles. The highest BCUT2D eigenvalue weighted by Crippen LogP contribution is 1.99. The number of carbonyl (C=O) groups is 1. The summed E-state index contributed by atoms with van der Waals surface area (Å²) in [4.78, 5) is 10.2. The van der Waals surface area contributed by atoms with E-state index in [2.05, 4.69) is 4.74 Å². The summed E-state index contributed by atoms with van der Waals surface area (Å²) in [7, 11) is 0. The summed E-state index contributed by atoms with van der Waals surface area (Å²) in [5.74, 6) is 0.725. The Bertz CT molecular complexity index is 95.0. The van der Waals surface area contributed by atoms with Crippen LogP contribution < -0.4 is 0 Å². The minimum absolute atomic E-state index is 0.246. The van der Waals surface area contributed by atoms with Crippen molar-refractivity contribution in [2.45, 2.75) is 13.8 Å². The number of ether oxygens (including phenoxy) is 2. The molecule has 4 heteroatoms. The van der Waals surface area contributed by atoms with E-state index in [-0.39, 0.29) is 5.97 Å². The fraction of sp³-hybridized carbons (Fsp3) is 0.833. The molecule has 0 fully saturated rings. The van der Waals surface area contributed by atoms with E-state index in [4.69, 9.17) is 4.74 Å². The average Bonchev–Trinajstić information content (AvgIpc) is 1.87. The Morgan fingerprint density at radius 1 is 1.50 bits per heavy atom. The maximum absolute atomic E-state index is 10.2. The lowest BCUT2D eigenvalue weighted by Crippen LogP contribution is -1.98. The van der Waals surface area contributed by atoms with Gasteiger partial charge in [0.2, 0.25) is 0 Å². The number of carbonyl (C=O) groups excluding carboxylic acids is 1. The molecule has 0 heterocycles. The third kappa shape index (κ3) is 7.78. The highest BCUT2D eigenvalue weighted by Gasteiger charge is 1.91. The van der Waals surface area contributed by atoms with Gasteiger partial charge in [-0.25, -0.2) is 0 Å². The number of esters is 1. The number of thioether (sulfide) groups is 1. The van der Waals surface area contributed by atoms with Crippen LogP contribution in [-0.4, -0.2) is 24.5 Å². The summed E-state index contributed by atoms with van der Waals surface area (Å²) >= 11 is 1.44. The van der Waals surface area contributed by atoms with Gasteiger partial charge in [0.1, 0.15) is 5.94 Å². The zero-order valence-corrected chi connectivity index (χ0v) is 7.07. The molecule has 10 heavy (non-hydrogen) atoms. The lowest BCUT2D eigenvalue weighted by molar-refractivity contribution is -0.138. The first-order chi connectivity index (χ1) is 4.77. The molecule has 0 aromatic rings. The van der Waals surface area contributed by atoms with Crippen LogP contribution in [0, 0.1) is 0 Å². The Balaban J connectivity index is 2.84. The molecule has 0 radical (unpaired) electrons. The molecule has 0 amide bonds. The van der Waals surface area contributed by atoms with Gasteiger partial charge in [0, 0.05) is 13.5 Å². The summed E-state index contributed by atoms with van der Waals surface area (Å²) in [5.41, 5.74) is 0. The van der Waals surface area contributed by atoms with E-state index < -0.39 is 0 Å². The van der Waals surface area contributed by atoms with Crippen molar-refractivity contribution in [1.82, 2.24) is 0 Å². The maximum Gasteiger partial charge on any atom is 0.303 e. The zero-order chi connectivity index (χ0) is 7.82. The van der Waals surface area contributed by atoms with Crippen LogP contribution in [0.1, 0.15) is 13.8 Å². The maximum atomic E-state index is 10.2. The highest BCUT2D eigenvalue weighted by molar-refractivity contribution is 7.98. The molecule has 0 aliphatic carbocycles. The topological polar surface area (TPSA) is 35.5 Å². The van der Waals surface area contributed by atoms with Crippen LogP contribution in [0.15, 0.2) is 0 Å². The molecule has 0 saturated carbocycles. The fourth-order valence-electron chi connectivity index (χ4n) is 0.301.